The van der Waals surface area contributed by atoms with Crippen LogP contribution in [0.4, 0.5) is 9.18 Å². The molecular weight excluding hydrogens is 480 g/mol. The summed E-state index contributed by atoms with van der Waals surface area (Å²) in [6.07, 6.45) is 1.45. The average Bonchev–Trinajstić information content (AvgIpc) is 3.45. The molecule has 0 radical (unpaired) electrons. The predicted octanol–water partition coefficient (Wildman–Crippen LogP) is 6.36. The Morgan fingerprint density at radius 3 is 2.62 bits per heavy atom. The monoisotopic (exact) mass is 491 g/mol. The zero-order valence-corrected chi connectivity index (χ0v) is 18.4. The van der Waals surface area contributed by atoms with Crippen LogP contribution in [-0.2, 0) is 11.3 Å². The van der Waals surface area contributed by atoms with E-state index in [1.807, 2.05) is 0 Å². The van der Waals surface area contributed by atoms with E-state index in [2.05, 4.69) is 0 Å². The summed E-state index contributed by atoms with van der Waals surface area (Å²) in [6, 6.07) is 10.6. The van der Waals surface area contributed by atoms with E-state index in [9.17, 15) is 14.0 Å². The number of carbonyl (C=O) groups is 2. The number of furan rings is 1. The van der Waals surface area contributed by atoms with Crippen LogP contribution in [0.5, 0.6) is 11.5 Å². The third-order valence-electron chi connectivity index (χ3n) is 4.84. The largest absolute Gasteiger partial charge is 0.457 e. The Labute approximate surface area is 195 Å². The van der Waals surface area contributed by atoms with E-state index in [-0.39, 0.29) is 34.6 Å². The second-order valence-corrected chi connectivity index (χ2v) is 8.73. The van der Waals surface area contributed by atoms with Gasteiger partial charge in [0.2, 0.25) is 6.79 Å². The Morgan fingerprint density at radius 2 is 1.84 bits per heavy atom. The highest BCUT2D eigenvalue weighted by molar-refractivity contribution is 8.18. The van der Waals surface area contributed by atoms with Crippen LogP contribution in [0.1, 0.15) is 11.3 Å². The van der Waals surface area contributed by atoms with Gasteiger partial charge in [0, 0.05) is 22.2 Å². The summed E-state index contributed by atoms with van der Waals surface area (Å²) in [5.41, 5.74) is 0.789. The Balaban J connectivity index is 1.37. The highest BCUT2D eigenvalue weighted by Gasteiger charge is 2.36. The van der Waals surface area contributed by atoms with E-state index in [1.165, 1.54) is 18.2 Å². The number of halogens is 3. The lowest BCUT2D eigenvalue weighted by atomic mass is 10.1. The zero-order chi connectivity index (χ0) is 22.4. The summed E-state index contributed by atoms with van der Waals surface area (Å²) in [6.45, 7) is 0.0708. The molecule has 3 aromatic rings. The van der Waals surface area contributed by atoms with Crippen molar-refractivity contribution in [3.63, 3.8) is 0 Å². The highest BCUT2D eigenvalue weighted by Crippen LogP contribution is 2.39. The van der Waals surface area contributed by atoms with E-state index >= 15 is 0 Å². The van der Waals surface area contributed by atoms with Crippen LogP contribution in [-0.4, -0.2) is 22.8 Å². The van der Waals surface area contributed by atoms with Gasteiger partial charge in [0.25, 0.3) is 11.1 Å². The third-order valence-corrected chi connectivity index (χ3v) is 6.33. The molecule has 0 aliphatic carbocycles. The lowest BCUT2D eigenvalue weighted by molar-refractivity contribution is -0.123. The van der Waals surface area contributed by atoms with Gasteiger partial charge in [-0.15, -0.1) is 0 Å². The molecule has 2 aliphatic rings. The van der Waals surface area contributed by atoms with Crippen LogP contribution in [0.2, 0.25) is 10.0 Å². The Hall–Kier alpha value is -2.94. The maximum absolute atomic E-state index is 14.1. The molecule has 2 amide bonds. The molecule has 0 N–H and O–H groups in total. The van der Waals surface area contributed by atoms with E-state index < -0.39 is 17.0 Å². The van der Waals surface area contributed by atoms with Gasteiger partial charge in [-0.2, -0.15) is 0 Å². The summed E-state index contributed by atoms with van der Waals surface area (Å²) < 4.78 is 30.4. The van der Waals surface area contributed by atoms with E-state index in [1.54, 1.807) is 30.3 Å². The van der Waals surface area contributed by atoms with Gasteiger partial charge in [0.1, 0.15) is 17.3 Å². The van der Waals surface area contributed by atoms with Gasteiger partial charge < -0.3 is 13.9 Å². The molecule has 0 spiro atoms. The first-order valence-corrected chi connectivity index (χ1v) is 10.8. The number of nitrogens with zero attached hydrogens (tertiary/aromatic N) is 1. The number of fused-ring (bicyclic) bond motifs is 1. The number of ether oxygens (including phenoxy) is 2. The number of rotatable bonds is 4. The maximum atomic E-state index is 14.1. The van der Waals surface area contributed by atoms with Gasteiger partial charge in [-0.25, -0.2) is 4.39 Å². The predicted molar refractivity (Wildman–Crippen MR) is 118 cm³/mol. The quantitative estimate of drug-likeness (QED) is 0.395. The molecular formula is C22H12Cl2FNO5S. The van der Waals surface area contributed by atoms with Crippen molar-refractivity contribution >= 4 is 52.2 Å². The topological polar surface area (TPSA) is 69.0 Å². The SMILES string of the molecule is O=C1S/C(=C/c2ccc(-c3ccc(Cl)cc3F)o2)C(=O)N1Cc1cc2c(cc1Cl)OCO2. The second kappa shape index (κ2) is 8.20. The van der Waals surface area contributed by atoms with Crippen molar-refractivity contribution < 1.29 is 27.9 Å². The highest BCUT2D eigenvalue weighted by atomic mass is 35.5. The summed E-state index contributed by atoms with van der Waals surface area (Å²) in [4.78, 5) is 26.6. The Bertz CT molecular complexity index is 1310. The van der Waals surface area contributed by atoms with E-state index in [0.29, 0.717) is 27.8 Å². The summed E-state index contributed by atoms with van der Waals surface area (Å²) in [5.74, 6) is 0.587. The molecule has 2 aromatic carbocycles. The average molecular weight is 492 g/mol. The number of imide groups is 1. The van der Waals surface area contributed by atoms with Crippen molar-refractivity contribution in [1.29, 1.82) is 0 Å². The second-order valence-electron chi connectivity index (χ2n) is 6.89. The minimum absolute atomic E-state index is 0.0170. The molecule has 32 heavy (non-hydrogen) atoms. The molecule has 1 fully saturated rings. The number of hydrogen-bond acceptors (Lipinski definition) is 6. The molecule has 0 saturated carbocycles. The van der Waals surface area contributed by atoms with Gasteiger partial charge in [0.15, 0.2) is 11.5 Å². The van der Waals surface area contributed by atoms with Gasteiger partial charge in [0.05, 0.1) is 17.0 Å². The fourth-order valence-corrected chi connectivity index (χ4v) is 4.47. The van der Waals surface area contributed by atoms with E-state index in [4.69, 9.17) is 37.1 Å². The molecule has 162 valence electrons. The molecule has 2 aliphatic heterocycles. The minimum Gasteiger partial charge on any atom is -0.457 e. The number of carbonyl (C=O) groups excluding carboxylic acids is 2. The number of thioether (sulfide) groups is 1. The molecule has 0 atom stereocenters. The van der Waals surface area contributed by atoms with Gasteiger partial charge in [-0.3, -0.25) is 14.5 Å². The van der Waals surface area contributed by atoms with Crippen molar-refractivity contribution in [3.8, 4) is 22.8 Å². The normalized spacial score (nSPS) is 16.5. The number of hydrogen-bond donors (Lipinski definition) is 0. The van der Waals surface area contributed by atoms with Crippen LogP contribution in [0.3, 0.4) is 0 Å². The smallest absolute Gasteiger partial charge is 0.293 e. The third kappa shape index (κ3) is 3.85. The molecule has 1 aromatic heterocycles. The van der Waals surface area contributed by atoms with Gasteiger partial charge >= 0.3 is 0 Å². The lowest BCUT2D eigenvalue weighted by Gasteiger charge is -2.14. The first-order chi connectivity index (χ1) is 15.4. The molecule has 1 saturated heterocycles. The molecule has 5 rings (SSSR count). The fourth-order valence-electron chi connectivity index (χ4n) is 3.28. The first-order valence-electron chi connectivity index (χ1n) is 9.28. The number of benzene rings is 2. The van der Waals surface area contributed by atoms with Crippen LogP contribution in [0.15, 0.2) is 51.8 Å². The van der Waals surface area contributed by atoms with Crippen molar-refractivity contribution in [2.45, 2.75) is 6.54 Å². The molecule has 3 heterocycles. The summed E-state index contributed by atoms with van der Waals surface area (Å²) >= 11 is 12.8. The van der Waals surface area contributed by atoms with Crippen LogP contribution < -0.4 is 9.47 Å². The Kier molecular flexibility index (Phi) is 5.36. The minimum atomic E-state index is -0.528. The number of amides is 2. The van der Waals surface area contributed by atoms with E-state index in [0.717, 1.165) is 16.7 Å². The van der Waals surface area contributed by atoms with Crippen LogP contribution in [0.25, 0.3) is 17.4 Å². The molecule has 6 nitrogen and oxygen atoms in total. The standard InChI is InChI=1S/C22H12Cl2FNO5S/c23-12-1-3-14(16(25)6-12)17-4-2-13(31-17)7-20-21(27)26(22(28)32-20)9-11-5-18-19(8-15(11)24)30-10-29-18/h1-8H,9-10H2/b20-7+. The molecule has 0 bridgehead atoms. The zero-order valence-electron chi connectivity index (χ0n) is 16.1. The summed E-state index contributed by atoms with van der Waals surface area (Å²) in [5, 5.41) is 0.192. The fraction of sp³-hybridized carbons (Fsp3) is 0.0909. The lowest BCUT2D eigenvalue weighted by Crippen LogP contribution is -2.27. The van der Waals surface area contributed by atoms with Crippen molar-refractivity contribution in [1.82, 2.24) is 4.90 Å². The van der Waals surface area contributed by atoms with Crippen molar-refractivity contribution in [2.24, 2.45) is 0 Å². The molecule has 0 unspecified atom stereocenters. The van der Waals surface area contributed by atoms with Gasteiger partial charge in [-0.05, 0) is 53.7 Å². The summed E-state index contributed by atoms with van der Waals surface area (Å²) in [7, 11) is 0. The first kappa shape index (κ1) is 20.9. The van der Waals surface area contributed by atoms with Gasteiger partial charge in [-0.1, -0.05) is 23.2 Å². The maximum Gasteiger partial charge on any atom is 0.293 e. The Morgan fingerprint density at radius 1 is 1.06 bits per heavy atom. The van der Waals surface area contributed by atoms with Crippen molar-refractivity contribution in [3.05, 3.63) is 74.6 Å². The van der Waals surface area contributed by atoms with Crippen LogP contribution >= 0.6 is 35.0 Å². The van der Waals surface area contributed by atoms with Crippen LogP contribution in [0, 0.1) is 5.82 Å². The van der Waals surface area contributed by atoms with Crippen molar-refractivity contribution in [2.75, 3.05) is 6.79 Å². The molecule has 10 heteroatoms.